The third kappa shape index (κ3) is 6.24. The molecule has 2 aliphatic carbocycles. The zero-order valence-electron chi connectivity index (χ0n) is 16.9. The highest BCUT2D eigenvalue weighted by atomic mass is 35.5. The van der Waals surface area contributed by atoms with Crippen molar-refractivity contribution in [1.29, 1.82) is 0 Å². The highest BCUT2D eigenvalue weighted by molar-refractivity contribution is 6.30. The third-order valence-corrected chi connectivity index (χ3v) is 7.29. The van der Waals surface area contributed by atoms with Gasteiger partial charge in [0.1, 0.15) is 0 Å². The number of piperidine rings is 1. The van der Waals surface area contributed by atoms with Crippen molar-refractivity contribution in [2.45, 2.75) is 63.6 Å². The number of rotatable bonds is 4. The first kappa shape index (κ1) is 24.7. The standard InChI is InChI=1S/C22H32ClN3O.2ClH/c23-19-6-4-15(5-7-19)14-26-10-8-20(9-11-26)25-22(27)18-12-16-2-1-3-17(13-18)21(16)24;;/h4-7,16-18,20-21H,1-3,8-14,24H2,(H,25,27);2*1H. The topological polar surface area (TPSA) is 58.4 Å². The number of halogens is 3. The summed E-state index contributed by atoms with van der Waals surface area (Å²) in [5, 5.41) is 4.15. The van der Waals surface area contributed by atoms with E-state index >= 15 is 0 Å². The predicted octanol–water partition coefficient (Wildman–Crippen LogP) is 4.42. The maximum atomic E-state index is 12.8. The molecule has 0 aromatic heterocycles. The number of fused-ring (bicyclic) bond motifs is 2. The van der Waals surface area contributed by atoms with Crippen LogP contribution in [0.2, 0.25) is 5.02 Å². The van der Waals surface area contributed by atoms with E-state index in [0.717, 1.165) is 50.3 Å². The van der Waals surface area contributed by atoms with E-state index in [0.29, 0.717) is 23.9 Å². The number of benzene rings is 1. The van der Waals surface area contributed by atoms with Gasteiger partial charge in [-0.2, -0.15) is 0 Å². The number of nitrogens with two attached hydrogens (primary N) is 1. The van der Waals surface area contributed by atoms with Gasteiger partial charge in [0.25, 0.3) is 0 Å². The molecule has 3 fully saturated rings. The molecule has 2 bridgehead atoms. The highest BCUT2D eigenvalue weighted by Crippen LogP contribution is 2.42. The Morgan fingerprint density at radius 1 is 1.03 bits per heavy atom. The number of nitrogens with zero attached hydrogens (tertiary/aromatic N) is 1. The van der Waals surface area contributed by atoms with E-state index in [1.165, 1.54) is 24.8 Å². The summed E-state index contributed by atoms with van der Waals surface area (Å²) in [4.78, 5) is 15.3. The number of likely N-dealkylation sites (tertiary alicyclic amines) is 1. The molecule has 29 heavy (non-hydrogen) atoms. The van der Waals surface area contributed by atoms with Gasteiger partial charge in [0.15, 0.2) is 0 Å². The van der Waals surface area contributed by atoms with Crippen LogP contribution in [0.3, 0.4) is 0 Å². The van der Waals surface area contributed by atoms with Crippen LogP contribution in [0.5, 0.6) is 0 Å². The van der Waals surface area contributed by atoms with Gasteiger partial charge < -0.3 is 11.1 Å². The average Bonchev–Trinajstić information content (AvgIpc) is 2.65. The van der Waals surface area contributed by atoms with E-state index < -0.39 is 0 Å². The first-order chi connectivity index (χ1) is 13.1. The summed E-state index contributed by atoms with van der Waals surface area (Å²) in [6.07, 6.45) is 7.80. The van der Waals surface area contributed by atoms with E-state index in [-0.39, 0.29) is 36.6 Å². The summed E-state index contributed by atoms with van der Waals surface area (Å²) in [5.74, 6) is 1.60. The Morgan fingerprint density at radius 3 is 2.21 bits per heavy atom. The molecule has 1 saturated heterocycles. The molecule has 164 valence electrons. The summed E-state index contributed by atoms with van der Waals surface area (Å²) in [5.41, 5.74) is 7.67. The minimum absolute atomic E-state index is 0. The molecule has 1 aromatic rings. The molecule has 7 heteroatoms. The lowest BCUT2D eigenvalue weighted by atomic mass is 9.65. The molecule has 1 aliphatic heterocycles. The van der Waals surface area contributed by atoms with E-state index in [9.17, 15) is 4.79 Å². The average molecular weight is 463 g/mol. The maximum absolute atomic E-state index is 12.8. The highest BCUT2D eigenvalue weighted by Gasteiger charge is 2.40. The third-order valence-electron chi connectivity index (χ3n) is 7.04. The second-order valence-electron chi connectivity index (χ2n) is 8.88. The minimum Gasteiger partial charge on any atom is -0.353 e. The summed E-state index contributed by atoms with van der Waals surface area (Å²) < 4.78 is 0. The van der Waals surface area contributed by atoms with Gasteiger partial charge in [-0.1, -0.05) is 30.2 Å². The molecule has 4 rings (SSSR count). The first-order valence-electron chi connectivity index (χ1n) is 10.6. The van der Waals surface area contributed by atoms with Crippen LogP contribution in [0.15, 0.2) is 24.3 Å². The van der Waals surface area contributed by atoms with Crippen LogP contribution in [-0.2, 0) is 11.3 Å². The van der Waals surface area contributed by atoms with Crippen molar-refractivity contribution in [1.82, 2.24) is 10.2 Å². The molecule has 1 heterocycles. The van der Waals surface area contributed by atoms with Crippen molar-refractivity contribution in [2.75, 3.05) is 13.1 Å². The fourth-order valence-electron chi connectivity index (χ4n) is 5.41. The lowest BCUT2D eigenvalue weighted by Crippen LogP contribution is -2.51. The number of carbonyl (C=O) groups excluding carboxylic acids is 1. The lowest BCUT2D eigenvalue weighted by molar-refractivity contribution is -0.129. The largest absolute Gasteiger partial charge is 0.353 e. The Morgan fingerprint density at radius 2 is 1.62 bits per heavy atom. The molecule has 0 spiro atoms. The Balaban J connectivity index is 0.00000150. The summed E-state index contributed by atoms with van der Waals surface area (Å²) in [6.45, 7) is 3.03. The second kappa shape index (κ2) is 11.2. The van der Waals surface area contributed by atoms with Gasteiger partial charge in [0, 0.05) is 42.7 Å². The van der Waals surface area contributed by atoms with Gasteiger partial charge >= 0.3 is 0 Å². The van der Waals surface area contributed by atoms with Gasteiger partial charge in [0.2, 0.25) is 5.91 Å². The van der Waals surface area contributed by atoms with E-state index in [1.54, 1.807) is 0 Å². The van der Waals surface area contributed by atoms with Crippen LogP contribution in [0.25, 0.3) is 0 Å². The van der Waals surface area contributed by atoms with Crippen molar-refractivity contribution in [2.24, 2.45) is 23.5 Å². The number of nitrogens with one attached hydrogen (secondary N) is 1. The van der Waals surface area contributed by atoms with Crippen molar-refractivity contribution >= 4 is 42.3 Å². The summed E-state index contributed by atoms with van der Waals surface area (Å²) >= 11 is 5.96. The summed E-state index contributed by atoms with van der Waals surface area (Å²) in [6, 6.07) is 8.76. The quantitative estimate of drug-likeness (QED) is 0.696. The van der Waals surface area contributed by atoms with E-state index in [2.05, 4.69) is 22.3 Å². The molecule has 3 N–H and O–H groups in total. The normalized spacial score (nSPS) is 30.0. The first-order valence-corrected chi connectivity index (χ1v) is 11.0. The van der Waals surface area contributed by atoms with E-state index in [4.69, 9.17) is 17.3 Å². The molecular weight excluding hydrogens is 429 g/mol. The van der Waals surface area contributed by atoms with Crippen LogP contribution < -0.4 is 11.1 Å². The smallest absolute Gasteiger partial charge is 0.223 e. The predicted molar refractivity (Wildman–Crippen MR) is 124 cm³/mol. The van der Waals surface area contributed by atoms with Crippen LogP contribution in [-0.4, -0.2) is 36.0 Å². The molecule has 3 aliphatic rings. The van der Waals surface area contributed by atoms with Gasteiger partial charge in [0.05, 0.1) is 0 Å². The number of hydrogen-bond donors (Lipinski definition) is 2. The molecule has 2 saturated carbocycles. The summed E-state index contributed by atoms with van der Waals surface area (Å²) in [7, 11) is 0. The maximum Gasteiger partial charge on any atom is 0.223 e. The monoisotopic (exact) mass is 461 g/mol. The zero-order valence-corrected chi connectivity index (χ0v) is 19.3. The second-order valence-corrected chi connectivity index (χ2v) is 9.32. The molecule has 1 amide bonds. The SMILES string of the molecule is Cl.Cl.NC1C2CCCC1CC(C(=O)NC1CCN(Cc3ccc(Cl)cc3)CC1)C2. The fourth-order valence-corrected chi connectivity index (χ4v) is 5.53. The number of amides is 1. The van der Waals surface area contributed by atoms with Crippen LogP contribution >= 0.6 is 36.4 Å². The Kier molecular flexibility index (Phi) is 9.56. The van der Waals surface area contributed by atoms with Crippen LogP contribution in [0, 0.1) is 17.8 Å². The van der Waals surface area contributed by atoms with Gasteiger partial charge in [-0.3, -0.25) is 9.69 Å². The van der Waals surface area contributed by atoms with Crippen molar-refractivity contribution in [3.05, 3.63) is 34.9 Å². The Labute approximate surface area is 192 Å². The van der Waals surface area contributed by atoms with Crippen LogP contribution in [0.4, 0.5) is 0 Å². The molecule has 1 aromatic carbocycles. The number of carbonyl (C=O) groups is 1. The molecule has 0 radical (unpaired) electrons. The minimum atomic E-state index is 0. The zero-order chi connectivity index (χ0) is 18.8. The van der Waals surface area contributed by atoms with Gasteiger partial charge in [-0.05, 0) is 68.1 Å². The van der Waals surface area contributed by atoms with Crippen molar-refractivity contribution in [3.8, 4) is 0 Å². The van der Waals surface area contributed by atoms with Crippen LogP contribution in [0.1, 0.15) is 50.5 Å². The lowest BCUT2D eigenvalue weighted by Gasteiger charge is -2.44. The fraction of sp³-hybridized carbons (Fsp3) is 0.682. The molecular formula is C22H34Cl3N3O. The van der Waals surface area contributed by atoms with Crippen molar-refractivity contribution < 1.29 is 4.79 Å². The van der Waals surface area contributed by atoms with Crippen molar-refractivity contribution in [3.63, 3.8) is 0 Å². The van der Waals surface area contributed by atoms with Gasteiger partial charge in [-0.25, -0.2) is 0 Å². The van der Waals surface area contributed by atoms with Gasteiger partial charge in [-0.15, -0.1) is 24.8 Å². The molecule has 2 atom stereocenters. The Hall–Kier alpha value is -0.520. The molecule has 4 nitrogen and oxygen atoms in total. The number of hydrogen-bond acceptors (Lipinski definition) is 3. The van der Waals surface area contributed by atoms with E-state index in [1.807, 2.05) is 12.1 Å². The Bertz CT molecular complexity index is 635. The molecule has 2 unspecified atom stereocenters.